The number of rotatable bonds is 9. The number of nitrogens with one attached hydrogen (secondary N) is 2. The number of carbonyl (C=O) groups is 2. The number of nitrogens with zero attached hydrogens (tertiary/aromatic N) is 2. The minimum Gasteiger partial charge on any atom is -0.458 e. The molecule has 3 rings (SSSR count). The summed E-state index contributed by atoms with van der Waals surface area (Å²) in [4.78, 5) is 39.8. The summed E-state index contributed by atoms with van der Waals surface area (Å²) in [6.45, 7) is 5.44. The minimum absolute atomic E-state index is 0.111. The Kier molecular flexibility index (Phi) is 8.46. The van der Waals surface area contributed by atoms with Crippen LogP contribution in [0.25, 0.3) is 11.1 Å². The molecule has 0 spiro atoms. The highest BCUT2D eigenvalue weighted by molar-refractivity contribution is 5.82. The van der Waals surface area contributed by atoms with E-state index in [-0.39, 0.29) is 31.4 Å². The van der Waals surface area contributed by atoms with Crippen molar-refractivity contribution in [2.24, 2.45) is 10.7 Å². The SMILES string of the molecule is CC(C)(C)OC(=O)[C@H](CCCN=C(N)N[N+](=O)O)NC(=O)OCC1c2ccccc2-c2ccccc21. The van der Waals surface area contributed by atoms with E-state index in [1.54, 1.807) is 20.8 Å². The maximum atomic E-state index is 12.7. The molecule has 2 aromatic rings. The van der Waals surface area contributed by atoms with Crippen LogP contribution in [-0.4, -0.2) is 53.1 Å². The maximum absolute atomic E-state index is 12.7. The first-order valence-electron chi connectivity index (χ1n) is 11.6. The molecule has 36 heavy (non-hydrogen) atoms. The zero-order chi connectivity index (χ0) is 26.3. The van der Waals surface area contributed by atoms with E-state index in [4.69, 9.17) is 20.4 Å². The second kappa shape index (κ2) is 11.5. The summed E-state index contributed by atoms with van der Waals surface area (Å²) in [5.74, 6) is -1.00. The van der Waals surface area contributed by atoms with Gasteiger partial charge in [-0.05, 0) is 61.3 Å². The van der Waals surface area contributed by atoms with E-state index in [0.29, 0.717) is 6.42 Å². The minimum atomic E-state index is -0.974. The number of esters is 1. The Balaban J connectivity index is 1.62. The first-order valence-corrected chi connectivity index (χ1v) is 11.6. The highest BCUT2D eigenvalue weighted by atomic mass is 16.7. The van der Waals surface area contributed by atoms with E-state index in [1.807, 2.05) is 54.0 Å². The van der Waals surface area contributed by atoms with Crippen molar-refractivity contribution in [3.8, 4) is 11.1 Å². The van der Waals surface area contributed by atoms with Gasteiger partial charge in [0, 0.05) is 12.5 Å². The van der Waals surface area contributed by atoms with Gasteiger partial charge in [-0.15, -0.1) is 0 Å². The molecule has 11 heteroatoms. The molecular formula is C25H32N5O6+. The third kappa shape index (κ3) is 7.17. The number of hydrazine groups is 1. The number of alkyl carbamates (subject to hydrolysis) is 1. The number of hydrogen-bond acceptors (Lipinski definition) is 6. The molecule has 0 aliphatic heterocycles. The van der Waals surface area contributed by atoms with Gasteiger partial charge in [-0.1, -0.05) is 48.5 Å². The summed E-state index contributed by atoms with van der Waals surface area (Å²) < 4.78 is 11.0. The molecule has 1 atom stereocenters. The van der Waals surface area contributed by atoms with Gasteiger partial charge >= 0.3 is 17.1 Å². The molecule has 192 valence electrons. The molecule has 1 aliphatic carbocycles. The Morgan fingerprint density at radius 3 is 2.25 bits per heavy atom. The van der Waals surface area contributed by atoms with Gasteiger partial charge in [0.05, 0.1) is 0 Å². The van der Waals surface area contributed by atoms with Gasteiger partial charge < -0.3 is 20.5 Å². The van der Waals surface area contributed by atoms with Gasteiger partial charge in [0.15, 0.2) is 0 Å². The Bertz CT molecular complexity index is 1100. The lowest BCUT2D eigenvalue weighted by atomic mass is 9.98. The molecule has 0 unspecified atom stereocenters. The average molecular weight is 499 g/mol. The van der Waals surface area contributed by atoms with Gasteiger partial charge in [0.25, 0.3) is 5.96 Å². The van der Waals surface area contributed by atoms with Gasteiger partial charge in [-0.2, -0.15) is 0 Å². The van der Waals surface area contributed by atoms with Crippen molar-refractivity contribution in [3.05, 3.63) is 64.6 Å². The van der Waals surface area contributed by atoms with Crippen LogP contribution in [0, 0.1) is 4.91 Å². The van der Waals surface area contributed by atoms with Crippen LogP contribution in [0.3, 0.4) is 0 Å². The summed E-state index contributed by atoms with van der Waals surface area (Å²) >= 11 is 0. The zero-order valence-electron chi connectivity index (χ0n) is 20.6. The Morgan fingerprint density at radius 2 is 1.69 bits per heavy atom. The fraction of sp³-hybridized carbons (Fsp3) is 0.400. The van der Waals surface area contributed by atoms with Crippen molar-refractivity contribution in [1.82, 2.24) is 10.7 Å². The highest BCUT2D eigenvalue weighted by Crippen LogP contribution is 2.44. The van der Waals surface area contributed by atoms with E-state index in [0.717, 1.165) is 22.3 Å². The van der Waals surface area contributed by atoms with Crippen LogP contribution >= 0.6 is 0 Å². The molecular weight excluding hydrogens is 466 g/mol. The summed E-state index contributed by atoms with van der Waals surface area (Å²) in [5, 5.41) is 10.6. The molecule has 11 nitrogen and oxygen atoms in total. The second-order valence-corrected chi connectivity index (χ2v) is 9.35. The smallest absolute Gasteiger partial charge is 0.407 e. The van der Waals surface area contributed by atoms with Gasteiger partial charge in [0.1, 0.15) is 23.2 Å². The molecule has 1 amide bonds. The normalized spacial score (nSPS) is 13.8. The van der Waals surface area contributed by atoms with Crippen molar-refractivity contribution >= 4 is 18.0 Å². The zero-order valence-corrected chi connectivity index (χ0v) is 20.6. The van der Waals surface area contributed by atoms with Crippen molar-refractivity contribution in [1.29, 1.82) is 0 Å². The fourth-order valence-electron chi connectivity index (χ4n) is 4.03. The third-order valence-corrected chi connectivity index (χ3v) is 5.47. The molecule has 2 aromatic carbocycles. The van der Waals surface area contributed by atoms with Crippen LogP contribution in [-0.2, 0) is 14.3 Å². The number of amides is 1. The number of carbonyl (C=O) groups excluding carboxylic acids is 2. The molecule has 0 aromatic heterocycles. The monoisotopic (exact) mass is 498 g/mol. The van der Waals surface area contributed by atoms with Crippen molar-refractivity contribution < 1.29 is 29.3 Å². The Labute approximate surface area is 209 Å². The first-order chi connectivity index (χ1) is 17.0. The average Bonchev–Trinajstić information content (AvgIpc) is 3.12. The fourth-order valence-corrected chi connectivity index (χ4v) is 4.03. The van der Waals surface area contributed by atoms with Crippen LogP contribution in [0.4, 0.5) is 4.79 Å². The van der Waals surface area contributed by atoms with Crippen LogP contribution in [0.1, 0.15) is 50.7 Å². The number of ether oxygens (including phenoxy) is 2. The number of aliphatic imine (C=N–C) groups is 1. The Morgan fingerprint density at radius 1 is 1.11 bits per heavy atom. The standard InChI is InChI=1S/C25H31N5O6/c1-25(2,3)36-22(31)21(13-8-14-27-23(26)29-30(33)34)28-24(32)35-15-20-18-11-6-4-9-16(18)17-10-5-7-12-19(17)20/h4-7,9-12,20-21H,8,13-15H2,1-3H3,(H4-,26,27,28,29,32,33,34)/p+1/t21-/m0/s1. The lowest BCUT2D eigenvalue weighted by molar-refractivity contribution is -0.822. The largest absolute Gasteiger partial charge is 0.458 e. The predicted molar refractivity (Wildman–Crippen MR) is 132 cm³/mol. The quantitative estimate of drug-likeness (QED) is 0.135. The number of nitrogens with two attached hydrogens (primary N) is 1. The first kappa shape index (κ1) is 26.5. The Hall–Kier alpha value is -4.15. The lowest BCUT2D eigenvalue weighted by Crippen LogP contribution is -2.44. The molecule has 1 aliphatic rings. The van der Waals surface area contributed by atoms with Crippen molar-refractivity contribution in [3.63, 3.8) is 0 Å². The van der Waals surface area contributed by atoms with Crippen molar-refractivity contribution in [2.45, 2.75) is 51.2 Å². The summed E-state index contributed by atoms with van der Waals surface area (Å²) in [6.07, 6.45) is -0.212. The summed E-state index contributed by atoms with van der Waals surface area (Å²) in [7, 11) is 0. The molecule has 0 bridgehead atoms. The molecule has 0 saturated heterocycles. The van der Waals surface area contributed by atoms with E-state index < -0.39 is 28.7 Å². The number of fused-ring (bicyclic) bond motifs is 3. The number of benzene rings is 2. The molecule has 0 saturated carbocycles. The van der Waals surface area contributed by atoms with E-state index in [9.17, 15) is 14.5 Å². The van der Waals surface area contributed by atoms with Crippen LogP contribution in [0.2, 0.25) is 0 Å². The van der Waals surface area contributed by atoms with E-state index in [2.05, 4.69) is 10.3 Å². The number of hydrogen-bond donors (Lipinski definition) is 4. The van der Waals surface area contributed by atoms with Gasteiger partial charge in [-0.3, -0.25) is 0 Å². The molecule has 0 heterocycles. The third-order valence-electron chi connectivity index (χ3n) is 5.47. The maximum Gasteiger partial charge on any atom is 0.407 e. The topological polar surface area (TPSA) is 155 Å². The molecule has 0 fully saturated rings. The van der Waals surface area contributed by atoms with E-state index >= 15 is 0 Å². The van der Waals surface area contributed by atoms with Crippen LogP contribution in [0.15, 0.2) is 53.5 Å². The predicted octanol–water partition coefficient (Wildman–Crippen LogP) is 3.00. The van der Waals surface area contributed by atoms with Crippen molar-refractivity contribution in [2.75, 3.05) is 13.2 Å². The summed E-state index contributed by atoms with van der Waals surface area (Å²) in [6, 6.07) is 15.0. The molecule has 0 radical (unpaired) electrons. The van der Waals surface area contributed by atoms with E-state index in [1.165, 1.54) is 0 Å². The second-order valence-electron chi connectivity index (χ2n) is 9.35. The van der Waals surface area contributed by atoms with Crippen LogP contribution < -0.4 is 16.5 Å². The summed E-state index contributed by atoms with van der Waals surface area (Å²) in [5.41, 5.74) is 10.9. The van der Waals surface area contributed by atoms with Gasteiger partial charge in [0.2, 0.25) is 0 Å². The highest BCUT2D eigenvalue weighted by Gasteiger charge is 2.30. The van der Waals surface area contributed by atoms with Gasteiger partial charge in [-0.25, -0.2) is 19.8 Å². The lowest BCUT2D eigenvalue weighted by Gasteiger charge is -2.24. The number of guanidine groups is 1. The molecule has 5 N–H and O–H groups in total. The van der Waals surface area contributed by atoms with Crippen LogP contribution in [0.5, 0.6) is 0 Å².